The van der Waals surface area contributed by atoms with Crippen LogP contribution in [0.4, 0.5) is 0 Å². The summed E-state index contributed by atoms with van der Waals surface area (Å²) in [5, 5.41) is 16.2. The van der Waals surface area contributed by atoms with Crippen LogP contribution in [0, 0.1) is 22.8 Å². The van der Waals surface area contributed by atoms with Crippen molar-refractivity contribution in [2.24, 2.45) is 16.7 Å². The van der Waals surface area contributed by atoms with Crippen molar-refractivity contribution < 1.29 is 34.4 Å². The molecule has 1 N–H and O–H groups in total. The van der Waals surface area contributed by atoms with E-state index in [4.69, 9.17) is 9.40 Å². The second-order valence-corrected chi connectivity index (χ2v) is 17.2. The van der Waals surface area contributed by atoms with Gasteiger partial charge in [0.2, 0.25) is 0 Å². The van der Waals surface area contributed by atoms with E-state index in [9.17, 15) is 9.90 Å². The molecule has 4 nitrogen and oxygen atoms in total. The van der Waals surface area contributed by atoms with Crippen LogP contribution in [0.2, 0.25) is 0 Å². The Morgan fingerprint density at radius 3 is 2.15 bits per heavy atom. The summed E-state index contributed by atoms with van der Waals surface area (Å²) < 4.78 is 8.68. The molecule has 0 bridgehead atoms. The fourth-order valence-electron chi connectivity index (χ4n) is 6.65. The minimum atomic E-state index is -0.337. The molecule has 279 valence electrons. The molecular weight excluding hydrogens is 839 g/mol. The second kappa shape index (κ2) is 16.4. The zero-order valence-corrected chi connectivity index (χ0v) is 36.1. The van der Waals surface area contributed by atoms with Crippen LogP contribution in [-0.4, -0.2) is 15.9 Å². The van der Waals surface area contributed by atoms with Gasteiger partial charge >= 0.3 is 0 Å². The van der Waals surface area contributed by atoms with Crippen LogP contribution in [-0.2, 0) is 36.7 Å². The number of carbonyl (C=O) groups is 1. The summed E-state index contributed by atoms with van der Waals surface area (Å²) in [4.78, 5) is 17.0. The van der Waals surface area contributed by atoms with E-state index in [-0.39, 0.29) is 47.9 Å². The van der Waals surface area contributed by atoms with Gasteiger partial charge in [0.25, 0.3) is 0 Å². The number of hydrogen-bond acceptors (Lipinski definition) is 5. The zero-order chi connectivity index (χ0) is 37.3. The number of thiophene rings is 1. The van der Waals surface area contributed by atoms with E-state index in [2.05, 4.69) is 95.3 Å². The SMILES string of the molecule is CC(C)Cc1cc2cc3sc4c(-c5[c-]c6ccccc6c(C(C)(C)C)c5)nccc4c3cc2o1.CCC(C)(CC)C(=O)/C=C(\O)C(C)(CC)CC.[Ir]. The maximum absolute atomic E-state index is 12.2. The first kappa shape index (κ1) is 41.4. The molecule has 6 aromatic rings. The summed E-state index contributed by atoms with van der Waals surface area (Å²) in [6.45, 7) is 23.4. The third-order valence-electron chi connectivity index (χ3n) is 11.1. The summed E-state index contributed by atoms with van der Waals surface area (Å²) in [6, 6.07) is 23.3. The summed E-state index contributed by atoms with van der Waals surface area (Å²) in [6.07, 6.45) is 7.65. The van der Waals surface area contributed by atoms with E-state index in [1.54, 1.807) is 0 Å². The Kier molecular flexibility index (Phi) is 13.0. The Morgan fingerprint density at radius 1 is 0.885 bits per heavy atom. The predicted octanol–water partition coefficient (Wildman–Crippen LogP) is 14.0. The fraction of sp³-hybridized carbons (Fsp3) is 0.435. The number of ketones is 1. The van der Waals surface area contributed by atoms with Crippen molar-refractivity contribution in [2.75, 3.05) is 0 Å². The van der Waals surface area contributed by atoms with Gasteiger partial charge in [-0.3, -0.25) is 9.78 Å². The normalized spacial score (nSPS) is 12.8. The Bertz CT molecular complexity index is 2210. The Balaban J connectivity index is 0.000000289. The van der Waals surface area contributed by atoms with Crippen LogP contribution in [0.15, 0.2) is 77.0 Å². The zero-order valence-electron chi connectivity index (χ0n) is 32.9. The van der Waals surface area contributed by atoms with E-state index >= 15 is 0 Å². The number of allylic oxidation sites excluding steroid dienone is 2. The number of carbonyl (C=O) groups excluding carboxylic acids is 1. The van der Waals surface area contributed by atoms with Crippen LogP contribution in [0.5, 0.6) is 0 Å². The van der Waals surface area contributed by atoms with Gasteiger partial charge in [-0.2, -0.15) is 0 Å². The quantitative estimate of drug-likeness (QED) is 0.0845. The van der Waals surface area contributed by atoms with Gasteiger partial charge in [0.1, 0.15) is 17.1 Å². The predicted molar refractivity (Wildman–Crippen MR) is 219 cm³/mol. The largest absolute Gasteiger partial charge is 0.512 e. The van der Waals surface area contributed by atoms with Crippen LogP contribution < -0.4 is 0 Å². The molecule has 0 saturated carbocycles. The summed E-state index contributed by atoms with van der Waals surface area (Å²) in [5.74, 6) is 1.93. The van der Waals surface area contributed by atoms with Crippen molar-refractivity contribution >= 4 is 59.0 Å². The van der Waals surface area contributed by atoms with E-state index in [0.717, 1.165) is 60.1 Å². The van der Waals surface area contributed by atoms with E-state index in [1.807, 2.05) is 59.1 Å². The van der Waals surface area contributed by atoms with Gasteiger partial charge in [-0.05, 0) is 66.7 Å². The molecule has 3 heterocycles. The van der Waals surface area contributed by atoms with Gasteiger partial charge in [-0.1, -0.05) is 105 Å². The van der Waals surface area contributed by atoms with Gasteiger partial charge < -0.3 is 9.52 Å². The topological polar surface area (TPSA) is 63.3 Å². The third kappa shape index (κ3) is 8.40. The number of fused-ring (bicyclic) bond motifs is 5. The molecule has 0 unspecified atom stereocenters. The molecule has 6 rings (SSSR count). The maximum atomic E-state index is 12.2. The molecule has 52 heavy (non-hydrogen) atoms. The number of nitrogens with zero attached hydrogens (tertiary/aromatic N) is 1. The molecular formula is C46H56IrNO3S-. The first-order chi connectivity index (χ1) is 24.1. The molecule has 0 amide bonds. The van der Waals surface area contributed by atoms with Gasteiger partial charge in [0.15, 0.2) is 5.78 Å². The molecule has 3 aromatic carbocycles. The number of hydrogen-bond donors (Lipinski definition) is 1. The van der Waals surface area contributed by atoms with E-state index in [0.29, 0.717) is 5.92 Å². The fourth-order valence-corrected chi connectivity index (χ4v) is 7.88. The van der Waals surface area contributed by atoms with Crippen LogP contribution >= 0.6 is 11.3 Å². The van der Waals surface area contributed by atoms with E-state index in [1.165, 1.54) is 42.6 Å². The molecule has 6 heteroatoms. The van der Waals surface area contributed by atoms with Gasteiger partial charge in [-0.15, -0.1) is 40.5 Å². The standard InChI is InChI=1S/C31H28NOS.C15H28O2.Ir/c1-18(2)12-22-14-20-16-28-25(17-27(20)33-22)24-10-11-32-29(30(24)34-28)21-13-19-8-6-7-9-23(19)26(15-21)31(3,4)5;1-7-14(5,8-2)12(16)11-13(17)15(6,9-3)10-4;/h6-11,14-18H,12H2,1-5H3;11,16H,7-10H2,1-6H3;/q-1;;/b;12-11-;. The minimum Gasteiger partial charge on any atom is -0.512 e. The van der Waals surface area contributed by atoms with Gasteiger partial charge in [-0.25, -0.2) is 0 Å². The summed E-state index contributed by atoms with van der Waals surface area (Å²) >= 11 is 1.82. The third-order valence-corrected chi connectivity index (χ3v) is 12.3. The summed E-state index contributed by atoms with van der Waals surface area (Å²) in [7, 11) is 0. The molecule has 0 fully saturated rings. The molecule has 1 radical (unpaired) electrons. The Morgan fingerprint density at radius 2 is 1.54 bits per heavy atom. The molecule has 0 aliphatic heterocycles. The van der Waals surface area contributed by atoms with Crippen LogP contribution in [0.25, 0.3) is 53.2 Å². The smallest absolute Gasteiger partial charge is 0.164 e. The Hall–Kier alpha value is -3.31. The monoisotopic (exact) mass is 895 g/mol. The molecule has 0 aliphatic carbocycles. The number of pyridine rings is 1. The first-order valence-corrected chi connectivity index (χ1v) is 19.5. The van der Waals surface area contributed by atoms with Gasteiger partial charge in [0.05, 0.1) is 0 Å². The van der Waals surface area contributed by atoms with Crippen molar-refractivity contribution in [1.82, 2.24) is 4.98 Å². The van der Waals surface area contributed by atoms with Crippen molar-refractivity contribution in [3.8, 4) is 11.3 Å². The van der Waals surface area contributed by atoms with Crippen molar-refractivity contribution in [3.63, 3.8) is 0 Å². The minimum absolute atomic E-state index is 0. The number of aliphatic hydroxyl groups excluding tert-OH is 1. The summed E-state index contributed by atoms with van der Waals surface area (Å²) in [5.41, 5.74) is 3.78. The molecule has 0 spiro atoms. The molecule has 0 aliphatic rings. The van der Waals surface area contributed by atoms with Crippen molar-refractivity contribution in [1.29, 1.82) is 0 Å². The maximum Gasteiger partial charge on any atom is 0.164 e. The number of aliphatic hydroxyl groups is 1. The molecule has 0 atom stereocenters. The van der Waals surface area contributed by atoms with Crippen molar-refractivity contribution in [2.45, 2.75) is 114 Å². The first-order valence-electron chi connectivity index (χ1n) is 18.7. The van der Waals surface area contributed by atoms with E-state index < -0.39 is 0 Å². The molecule has 0 saturated heterocycles. The number of rotatable bonds is 10. The Labute approximate surface area is 328 Å². The number of furan rings is 1. The van der Waals surface area contributed by atoms with Gasteiger partial charge in [0, 0.05) is 75.5 Å². The van der Waals surface area contributed by atoms with Crippen LogP contribution in [0.1, 0.15) is 113 Å². The number of aromatic nitrogens is 1. The average molecular weight is 895 g/mol. The number of benzene rings is 3. The second-order valence-electron chi connectivity index (χ2n) is 16.2. The van der Waals surface area contributed by atoms with Crippen molar-refractivity contribution in [3.05, 3.63) is 90.0 Å². The molecule has 3 aromatic heterocycles. The van der Waals surface area contributed by atoms with Crippen LogP contribution in [0.3, 0.4) is 0 Å². The average Bonchev–Trinajstić information content (AvgIpc) is 3.67.